The van der Waals surface area contributed by atoms with Gasteiger partial charge >= 0.3 is 0 Å². The van der Waals surface area contributed by atoms with Gasteiger partial charge in [-0.15, -0.1) is 0 Å². The molecule has 0 atom stereocenters. The van der Waals surface area contributed by atoms with Crippen molar-refractivity contribution in [2.75, 3.05) is 5.43 Å². The summed E-state index contributed by atoms with van der Waals surface area (Å²) in [6.45, 7) is 0.0332. The molecular weight excluding hydrogens is 208 g/mol. The molecule has 0 fully saturated rings. The molecule has 0 heterocycles. The van der Waals surface area contributed by atoms with Crippen molar-refractivity contribution in [1.82, 2.24) is 0 Å². The summed E-state index contributed by atoms with van der Waals surface area (Å²) in [6.07, 6.45) is 0. The quantitative estimate of drug-likeness (QED) is 0.515. The maximum atomic E-state index is 8.80. The van der Waals surface area contributed by atoms with Crippen molar-refractivity contribution in [1.29, 1.82) is 0 Å². The Morgan fingerprint density at radius 3 is 2.73 bits per heavy atom. The molecule has 0 aromatic heterocycles. The predicted molar refractivity (Wildman–Crippen MR) is 47.9 cm³/mol. The van der Waals surface area contributed by atoms with Gasteiger partial charge in [-0.2, -0.15) is 0 Å². The summed E-state index contributed by atoms with van der Waals surface area (Å²) < 4.78 is 0.857. The Labute approximate surface area is 73.3 Å². The second kappa shape index (κ2) is 3.71. The van der Waals surface area contributed by atoms with Crippen LogP contribution in [-0.4, -0.2) is 5.11 Å². The maximum Gasteiger partial charge on any atom is 0.0692 e. The van der Waals surface area contributed by atoms with Gasteiger partial charge in [0, 0.05) is 10.2 Å². The molecule has 1 rings (SSSR count). The molecule has 1 aromatic carbocycles. The second-order valence-corrected chi connectivity index (χ2v) is 2.96. The Hall–Kier alpha value is -0.580. The fourth-order valence-corrected chi connectivity index (χ4v) is 1.27. The van der Waals surface area contributed by atoms with Crippen LogP contribution in [0.2, 0.25) is 0 Å². The molecule has 0 saturated carbocycles. The van der Waals surface area contributed by atoms with E-state index in [2.05, 4.69) is 21.4 Å². The molecular formula is C7H9BrN2O. The summed E-state index contributed by atoms with van der Waals surface area (Å²) in [7, 11) is 0. The van der Waals surface area contributed by atoms with Crippen LogP contribution in [0.4, 0.5) is 5.69 Å². The first-order chi connectivity index (χ1) is 5.27. The van der Waals surface area contributed by atoms with Crippen LogP contribution in [0.5, 0.6) is 0 Å². The molecule has 0 bridgehead atoms. The summed E-state index contributed by atoms with van der Waals surface area (Å²) in [6, 6.07) is 5.42. The van der Waals surface area contributed by atoms with Crippen LogP contribution in [0.15, 0.2) is 22.7 Å². The van der Waals surface area contributed by atoms with Crippen LogP contribution in [0.1, 0.15) is 5.56 Å². The van der Waals surface area contributed by atoms with Crippen LogP contribution < -0.4 is 11.3 Å². The first-order valence-corrected chi connectivity index (χ1v) is 3.93. The van der Waals surface area contributed by atoms with Gasteiger partial charge in [-0.25, -0.2) is 0 Å². The lowest BCUT2D eigenvalue weighted by atomic mass is 10.2. The smallest absolute Gasteiger partial charge is 0.0692 e. The van der Waals surface area contributed by atoms with E-state index in [1.807, 2.05) is 6.07 Å². The van der Waals surface area contributed by atoms with Gasteiger partial charge in [0.05, 0.1) is 6.61 Å². The van der Waals surface area contributed by atoms with Crippen molar-refractivity contribution < 1.29 is 5.11 Å². The zero-order valence-corrected chi connectivity index (χ0v) is 7.43. The topological polar surface area (TPSA) is 58.3 Å². The lowest BCUT2D eigenvalue weighted by Gasteiger charge is -2.03. The molecule has 0 aliphatic carbocycles. The molecule has 60 valence electrons. The van der Waals surface area contributed by atoms with Gasteiger partial charge in [0.15, 0.2) is 0 Å². The maximum absolute atomic E-state index is 8.80. The van der Waals surface area contributed by atoms with Gasteiger partial charge in [0.25, 0.3) is 0 Å². The van der Waals surface area contributed by atoms with E-state index >= 15 is 0 Å². The summed E-state index contributed by atoms with van der Waals surface area (Å²) in [5, 5.41) is 8.80. The van der Waals surface area contributed by atoms with E-state index in [0.717, 1.165) is 15.7 Å². The van der Waals surface area contributed by atoms with E-state index in [9.17, 15) is 0 Å². The summed E-state index contributed by atoms with van der Waals surface area (Å²) >= 11 is 3.29. The number of nitrogen functional groups attached to an aromatic ring is 1. The SMILES string of the molecule is NNc1ccc(CO)c(Br)c1. The molecule has 4 heteroatoms. The fraction of sp³-hybridized carbons (Fsp3) is 0.143. The number of rotatable bonds is 2. The van der Waals surface area contributed by atoms with E-state index in [4.69, 9.17) is 10.9 Å². The molecule has 3 nitrogen and oxygen atoms in total. The van der Waals surface area contributed by atoms with E-state index in [1.165, 1.54) is 0 Å². The Morgan fingerprint density at radius 2 is 2.27 bits per heavy atom. The standard InChI is InChI=1S/C7H9BrN2O/c8-7-3-6(10-9)2-1-5(7)4-11/h1-3,10-11H,4,9H2. The third kappa shape index (κ3) is 1.92. The van der Waals surface area contributed by atoms with Crippen LogP contribution in [0.25, 0.3) is 0 Å². The number of nitrogens with two attached hydrogens (primary N) is 1. The highest BCUT2D eigenvalue weighted by Crippen LogP contribution is 2.20. The second-order valence-electron chi connectivity index (χ2n) is 2.11. The molecule has 11 heavy (non-hydrogen) atoms. The third-order valence-electron chi connectivity index (χ3n) is 1.39. The third-order valence-corrected chi connectivity index (χ3v) is 2.13. The van der Waals surface area contributed by atoms with Crippen molar-refractivity contribution in [3.05, 3.63) is 28.2 Å². The number of benzene rings is 1. The van der Waals surface area contributed by atoms with Crippen LogP contribution in [0, 0.1) is 0 Å². The molecule has 0 unspecified atom stereocenters. The lowest BCUT2D eigenvalue weighted by molar-refractivity contribution is 0.281. The highest BCUT2D eigenvalue weighted by molar-refractivity contribution is 9.10. The minimum absolute atomic E-state index is 0.0332. The first-order valence-electron chi connectivity index (χ1n) is 3.14. The number of aliphatic hydroxyl groups excluding tert-OH is 1. The normalized spacial score (nSPS) is 9.73. The average Bonchev–Trinajstić information content (AvgIpc) is 2.04. The van der Waals surface area contributed by atoms with E-state index in [1.54, 1.807) is 12.1 Å². The number of aliphatic hydroxyl groups is 1. The van der Waals surface area contributed by atoms with Crippen molar-refractivity contribution in [3.63, 3.8) is 0 Å². The van der Waals surface area contributed by atoms with Crippen molar-refractivity contribution in [2.45, 2.75) is 6.61 Å². The van der Waals surface area contributed by atoms with Crippen LogP contribution >= 0.6 is 15.9 Å². The largest absolute Gasteiger partial charge is 0.392 e. The van der Waals surface area contributed by atoms with Gasteiger partial charge in [0.1, 0.15) is 0 Å². The summed E-state index contributed by atoms with van der Waals surface area (Å²) in [4.78, 5) is 0. The summed E-state index contributed by atoms with van der Waals surface area (Å²) in [5.74, 6) is 5.18. The number of hydrazine groups is 1. The van der Waals surface area contributed by atoms with Gasteiger partial charge in [-0.05, 0) is 17.7 Å². The number of hydrogen-bond acceptors (Lipinski definition) is 3. The Morgan fingerprint density at radius 1 is 1.55 bits per heavy atom. The molecule has 0 radical (unpaired) electrons. The van der Waals surface area contributed by atoms with E-state index < -0.39 is 0 Å². The highest BCUT2D eigenvalue weighted by Gasteiger charge is 1.97. The number of hydrogen-bond donors (Lipinski definition) is 3. The van der Waals surface area contributed by atoms with Gasteiger partial charge in [-0.1, -0.05) is 22.0 Å². The van der Waals surface area contributed by atoms with Crippen LogP contribution in [-0.2, 0) is 6.61 Å². The first kappa shape index (κ1) is 8.52. The Balaban J connectivity index is 2.99. The molecule has 0 spiro atoms. The van der Waals surface area contributed by atoms with E-state index in [0.29, 0.717) is 0 Å². The van der Waals surface area contributed by atoms with Gasteiger partial charge < -0.3 is 10.5 Å². The molecule has 0 aliphatic heterocycles. The predicted octanol–water partition coefficient (Wildman–Crippen LogP) is 1.23. The summed E-state index contributed by atoms with van der Waals surface area (Å²) in [5.41, 5.74) is 4.17. The van der Waals surface area contributed by atoms with Crippen molar-refractivity contribution in [3.8, 4) is 0 Å². The Bertz CT molecular complexity index is 252. The van der Waals surface area contributed by atoms with Gasteiger partial charge in [-0.3, -0.25) is 5.84 Å². The zero-order chi connectivity index (χ0) is 8.27. The minimum atomic E-state index is 0.0332. The van der Waals surface area contributed by atoms with Crippen LogP contribution in [0.3, 0.4) is 0 Å². The molecule has 4 N–H and O–H groups in total. The number of halogens is 1. The zero-order valence-electron chi connectivity index (χ0n) is 5.84. The van der Waals surface area contributed by atoms with Gasteiger partial charge in [0.2, 0.25) is 0 Å². The average molecular weight is 217 g/mol. The van der Waals surface area contributed by atoms with E-state index in [-0.39, 0.29) is 6.61 Å². The van der Waals surface area contributed by atoms with Crippen molar-refractivity contribution in [2.24, 2.45) is 5.84 Å². The number of nitrogens with one attached hydrogen (secondary N) is 1. The molecule has 1 aromatic rings. The molecule has 0 saturated heterocycles. The lowest BCUT2D eigenvalue weighted by Crippen LogP contribution is -2.06. The fourth-order valence-electron chi connectivity index (χ4n) is 0.765. The monoisotopic (exact) mass is 216 g/mol. The van der Waals surface area contributed by atoms with Crippen molar-refractivity contribution >= 4 is 21.6 Å². The number of anilines is 1. The molecule has 0 amide bonds. The molecule has 0 aliphatic rings. The highest BCUT2D eigenvalue weighted by atomic mass is 79.9. The Kier molecular flexibility index (Phi) is 2.87. The minimum Gasteiger partial charge on any atom is -0.392 e.